The van der Waals surface area contributed by atoms with Gasteiger partial charge in [0.15, 0.2) is 0 Å². The summed E-state index contributed by atoms with van der Waals surface area (Å²) in [6, 6.07) is 0. The summed E-state index contributed by atoms with van der Waals surface area (Å²) in [5.41, 5.74) is 2.45. The van der Waals surface area contributed by atoms with Crippen molar-refractivity contribution in [3.05, 3.63) is 23.3 Å². The Bertz CT molecular complexity index is 241. The second kappa shape index (κ2) is 2.44. The van der Waals surface area contributed by atoms with Gasteiger partial charge in [0, 0.05) is 11.8 Å². The van der Waals surface area contributed by atoms with Crippen molar-refractivity contribution in [3.8, 4) is 0 Å². The van der Waals surface area contributed by atoms with Crippen molar-refractivity contribution in [1.82, 2.24) is 0 Å². The minimum atomic E-state index is -0.579. The van der Waals surface area contributed by atoms with Crippen LogP contribution in [0.3, 0.4) is 0 Å². The number of fused-ring (bicyclic) bond motifs is 2. The van der Waals surface area contributed by atoms with Gasteiger partial charge in [-0.2, -0.15) is 0 Å². The topological polar surface area (TPSA) is 40.5 Å². The molecule has 0 saturated heterocycles. The number of hydrogen-bond donors (Lipinski definition) is 2. The van der Waals surface area contributed by atoms with E-state index in [-0.39, 0.29) is 11.8 Å². The third-order valence-corrected chi connectivity index (χ3v) is 2.91. The van der Waals surface area contributed by atoms with E-state index in [1.807, 2.05) is 26.0 Å². The van der Waals surface area contributed by atoms with Crippen molar-refractivity contribution in [2.24, 2.45) is 11.8 Å². The van der Waals surface area contributed by atoms with Gasteiger partial charge in [-0.3, -0.25) is 0 Å². The lowest BCUT2D eigenvalue weighted by atomic mass is 9.99. The summed E-state index contributed by atoms with van der Waals surface area (Å²) in [6.07, 6.45) is 2.85. The molecule has 1 saturated carbocycles. The molecule has 12 heavy (non-hydrogen) atoms. The first-order valence-electron chi connectivity index (χ1n) is 4.34. The lowest BCUT2D eigenvalue weighted by Crippen LogP contribution is -2.29. The van der Waals surface area contributed by atoms with Crippen molar-refractivity contribution in [2.75, 3.05) is 0 Å². The Morgan fingerprint density at radius 3 is 1.75 bits per heavy atom. The summed E-state index contributed by atoms with van der Waals surface area (Å²) in [6.45, 7) is 4.07. The minimum Gasteiger partial charge on any atom is -0.389 e. The van der Waals surface area contributed by atoms with Crippen LogP contribution in [-0.4, -0.2) is 22.4 Å². The Morgan fingerprint density at radius 1 is 1.08 bits per heavy atom. The smallest absolute Gasteiger partial charge is 0.0908 e. The summed E-state index contributed by atoms with van der Waals surface area (Å²) in [5.74, 6) is 0.157. The maximum absolute atomic E-state index is 9.57. The zero-order valence-electron chi connectivity index (χ0n) is 7.36. The monoisotopic (exact) mass is 166 g/mol. The maximum atomic E-state index is 9.57. The summed E-state index contributed by atoms with van der Waals surface area (Å²) in [7, 11) is 0. The van der Waals surface area contributed by atoms with Crippen LogP contribution < -0.4 is 0 Å². The molecule has 0 radical (unpaired) electrons. The van der Waals surface area contributed by atoms with Crippen LogP contribution in [0.1, 0.15) is 13.8 Å². The molecule has 2 rings (SSSR count). The van der Waals surface area contributed by atoms with Gasteiger partial charge in [-0.25, -0.2) is 0 Å². The first kappa shape index (κ1) is 8.02. The highest BCUT2D eigenvalue weighted by Gasteiger charge is 2.46. The van der Waals surface area contributed by atoms with E-state index in [1.165, 1.54) is 11.1 Å². The summed E-state index contributed by atoms with van der Waals surface area (Å²) >= 11 is 0. The molecule has 4 atom stereocenters. The van der Waals surface area contributed by atoms with Crippen LogP contribution >= 0.6 is 0 Å². The van der Waals surface area contributed by atoms with E-state index >= 15 is 0 Å². The molecule has 66 valence electrons. The zero-order chi connectivity index (χ0) is 8.88. The fourth-order valence-corrected chi connectivity index (χ4v) is 2.36. The standard InChI is InChI=1S/C10H14O2/c1-5(2)8-6-3-4-7(8)10(12)9(6)11/h3-4,6-7,9-12H,1-2H3/t6-,7-,9-,10+/m1/s1. The highest BCUT2D eigenvalue weighted by molar-refractivity contribution is 5.39. The van der Waals surface area contributed by atoms with Crippen molar-refractivity contribution >= 4 is 0 Å². The lowest BCUT2D eigenvalue weighted by molar-refractivity contribution is 0.0135. The maximum Gasteiger partial charge on any atom is 0.0908 e. The largest absolute Gasteiger partial charge is 0.389 e. The first-order chi connectivity index (χ1) is 5.63. The molecule has 0 amide bonds. The molecule has 0 aromatic heterocycles. The predicted octanol–water partition coefficient (Wildman–Crippen LogP) is 0.860. The molecule has 0 aromatic carbocycles. The average molecular weight is 166 g/mol. The van der Waals surface area contributed by atoms with Crippen LogP contribution in [-0.2, 0) is 0 Å². The first-order valence-corrected chi connectivity index (χ1v) is 4.34. The molecule has 1 fully saturated rings. The molecule has 0 aromatic rings. The Hall–Kier alpha value is -0.600. The Kier molecular flexibility index (Phi) is 1.63. The van der Waals surface area contributed by atoms with Gasteiger partial charge < -0.3 is 10.2 Å². The van der Waals surface area contributed by atoms with Gasteiger partial charge in [0.2, 0.25) is 0 Å². The number of aliphatic hydroxyl groups is 2. The molecular formula is C10H14O2. The van der Waals surface area contributed by atoms with E-state index in [4.69, 9.17) is 0 Å². The van der Waals surface area contributed by atoms with Crippen LogP contribution in [0.4, 0.5) is 0 Å². The lowest BCUT2D eigenvalue weighted by Gasteiger charge is -2.16. The molecule has 0 unspecified atom stereocenters. The number of hydrogen-bond acceptors (Lipinski definition) is 2. The van der Waals surface area contributed by atoms with Gasteiger partial charge in [-0.05, 0) is 13.8 Å². The third kappa shape index (κ3) is 0.822. The van der Waals surface area contributed by atoms with Gasteiger partial charge in [-0.1, -0.05) is 23.3 Å². The van der Waals surface area contributed by atoms with Crippen LogP contribution in [0.25, 0.3) is 0 Å². The molecule has 2 heteroatoms. The van der Waals surface area contributed by atoms with Crippen molar-refractivity contribution in [3.63, 3.8) is 0 Å². The molecule has 0 aliphatic heterocycles. The second-order valence-corrected chi connectivity index (χ2v) is 3.87. The van der Waals surface area contributed by atoms with E-state index in [0.29, 0.717) is 0 Å². The molecule has 2 nitrogen and oxygen atoms in total. The highest BCUT2D eigenvalue weighted by atomic mass is 16.3. The Morgan fingerprint density at radius 2 is 1.50 bits per heavy atom. The molecule has 2 bridgehead atoms. The van der Waals surface area contributed by atoms with Gasteiger partial charge in [0.25, 0.3) is 0 Å². The van der Waals surface area contributed by atoms with Crippen LogP contribution in [0.2, 0.25) is 0 Å². The van der Waals surface area contributed by atoms with E-state index in [9.17, 15) is 10.2 Å². The normalized spacial score (nSPS) is 44.2. The molecule has 2 N–H and O–H groups in total. The number of rotatable bonds is 0. The van der Waals surface area contributed by atoms with Crippen LogP contribution in [0.15, 0.2) is 23.3 Å². The van der Waals surface area contributed by atoms with Crippen LogP contribution in [0.5, 0.6) is 0 Å². The van der Waals surface area contributed by atoms with E-state index in [1.54, 1.807) is 0 Å². The minimum absolute atomic E-state index is 0.0787. The fraction of sp³-hybridized carbons (Fsp3) is 0.600. The van der Waals surface area contributed by atoms with Gasteiger partial charge >= 0.3 is 0 Å². The van der Waals surface area contributed by atoms with E-state index in [0.717, 1.165) is 0 Å². The molecule has 0 spiro atoms. The van der Waals surface area contributed by atoms with Crippen LogP contribution in [0, 0.1) is 11.8 Å². The van der Waals surface area contributed by atoms with Gasteiger partial charge in [0.05, 0.1) is 12.2 Å². The SMILES string of the molecule is CC(C)=C1[C@H]2C=C[C@H]1[C@@H](O)[C@H]2O. The highest BCUT2D eigenvalue weighted by Crippen LogP contribution is 2.45. The van der Waals surface area contributed by atoms with E-state index < -0.39 is 12.2 Å². The summed E-state index contributed by atoms with van der Waals surface area (Å²) in [4.78, 5) is 0. The number of aliphatic hydroxyl groups excluding tert-OH is 2. The summed E-state index contributed by atoms with van der Waals surface area (Å²) in [5, 5.41) is 19.1. The van der Waals surface area contributed by atoms with Crippen molar-refractivity contribution < 1.29 is 10.2 Å². The second-order valence-electron chi connectivity index (χ2n) is 3.87. The summed E-state index contributed by atoms with van der Waals surface area (Å²) < 4.78 is 0. The molecule has 0 heterocycles. The van der Waals surface area contributed by atoms with Crippen molar-refractivity contribution in [2.45, 2.75) is 26.1 Å². The fourth-order valence-electron chi connectivity index (χ4n) is 2.36. The molecule has 2 aliphatic rings. The molecular weight excluding hydrogens is 152 g/mol. The van der Waals surface area contributed by atoms with Gasteiger partial charge in [0.1, 0.15) is 0 Å². The van der Waals surface area contributed by atoms with E-state index in [2.05, 4.69) is 0 Å². The third-order valence-electron chi connectivity index (χ3n) is 2.91. The zero-order valence-corrected chi connectivity index (χ0v) is 7.36. The average Bonchev–Trinajstić information content (AvgIpc) is 2.51. The van der Waals surface area contributed by atoms with Gasteiger partial charge in [-0.15, -0.1) is 0 Å². The Labute approximate surface area is 72.2 Å². The van der Waals surface area contributed by atoms with Crippen molar-refractivity contribution in [1.29, 1.82) is 0 Å². The quantitative estimate of drug-likeness (QED) is 0.524. The number of allylic oxidation sites excluding steroid dienone is 1. The Balaban J connectivity index is 2.43. The predicted molar refractivity (Wildman–Crippen MR) is 46.5 cm³/mol. The molecule has 2 aliphatic carbocycles.